The lowest BCUT2D eigenvalue weighted by molar-refractivity contribution is -0.671. The molecule has 0 unspecified atom stereocenters. The second kappa shape index (κ2) is 5.29. The molecule has 0 amide bonds. The number of nitrogens with zero attached hydrogens (tertiary/aromatic N) is 4. The van der Waals surface area contributed by atoms with Crippen molar-refractivity contribution in [3.05, 3.63) is 24.5 Å². The van der Waals surface area contributed by atoms with Gasteiger partial charge in [-0.15, -0.1) is 10.2 Å². The van der Waals surface area contributed by atoms with Gasteiger partial charge in [0.05, 0.1) is 6.61 Å². The van der Waals surface area contributed by atoms with Gasteiger partial charge in [0.1, 0.15) is 7.05 Å². The molecule has 0 saturated heterocycles. The van der Waals surface area contributed by atoms with Crippen LogP contribution < -0.4 is 4.57 Å². The van der Waals surface area contributed by atoms with E-state index >= 15 is 0 Å². The molecule has 5 nitrogen and oxygen atoms in total. The maximum Gasteiger partial charge on any atom is 0.191 e. The van der Waals surface area contributed by atoms with Crippen LogP contribution in [-0.4, -0.2) is 32.7 Å². The van der Waals surface area contributed by atoms with E-state index in [2.05, 4.69) is 10.2 Å². The van der Waals surface area contributed by atoms with E-state index in [0.717, 1.165) is 16.5 Å². The van der Waals surface area contributed by atoms with Gasteiger partial charge < -0.3 is 5.11 Å². The fourth-order valence-electron chi connectivity index (χ4n) is 1.60. The molecule has 2 aromatic heterocycles. The number of pyridine rings is 1. The molecule has 90 valence electrons. The highest BCUT2D eigenvalue weighted by Gasteiger charge is 2.13. The van der Waals surface area contributed by atoms with Gasteiger partial charge in [0, 0.05) is 24.2 Å². The molecule has 0 aliphatic heterocycles. The van der Waals surface area contributed by atoms with Crippen LogP contribution in [0.2, 0.25) is 0 Å². The molecule has 1 N–H and O–H groups in total. The van der Waals surface area contributed by atoms with Crippen molar-refractivity contribution in [2.75, 3.05) is 12.9 Å². The van der Waals surface area contributed by atoms with Crippen LogP contribution in [0.1, 0.15) is 0 Å². The first-order valence-corrected chi connectivity index (χ1v) is 6.52. The molecule has 0 spiro atoms. The minimum absolute atomic E-state index is 0.0826. The lowest BCUT2D eigenvalue weighted by Crippen LogP contribution is -2.25. The third-order valence-electron chi connectivity index (χ3n) is 2.46. The normalized spacial score (nSPS) is 10.8. The largest absolute Gasteiger partial charge is 0.395 e. The lowest BCUT2D eigenvalue weighted by Gasteiger charge is -2.06. The van der Waals surface area contributed by atoms with Crippen molar-refractivity contribution in [1.82, 2.24) is 14.8 Å². The van der Waals surface area contributed by atoms with Crippen LogP contribution in [0.3, 0.4) is 0 Å². The summed E-state index contributed by atoms with van der Waals surface area (Å²) in [7, 11) is 1.97. The summed E-state index contributed by atoms with van der Waals surface area (Å²) in [5.74, 6) is 0.795. The summed E-state index contributed by atoms with van der Waals surface area (Å²) in [6, 6.07) is 3.98. The smallest absolute Gasteiger partial charge is 0.191 e. The van der Waals surface area contributed by atoms with Gasteiger partial charge in [0.2, 0.25) is 0 Å². The van der Waals surface area contributed by atoms with Crippen LogP contribution in [0.5, 0.6) is 0 Å². The van der Waals surface area contributed by atoms with Gasteiger partial charge in [-0.1, -0.05) is 11.8 Å². The monoisotopic (exact) mass is 251 g/mol. The van der Waals surface area contributed by atoms with Crippen molar-refractivity contribution >= 4 is 11.8 Å². The van der Waals surface area contributed by atoms with E-state index in [1.54, 1.807) is 0 Å². The predicted molar refractivity (Wildman–Crippen MR) is 65.5 cm³/mol. The molecular formula is C11H15N4OS+. The molecule has 0 saturated carbocycles. The highest BCUT2D eigenvalue weighted by atomic mass is 32.2. The zero-order valence-corrected chi connectivity index (χ0v) is 10.7. The average molecular weight is 251 g/mol. The van der Waals surface area contributed by atoms with Crippen molar-refractivity contribution in [3.63, 3.8) is 0 Å². The fraction of sp³-hybridized carbons (Fsp3) is 0.364. The Labute approximate surface area is 104 Å². The Balaban J connectivity index is 2.43. The molecule has 17 heavy (non-hydrogen) atoms. The number of thioether (sulfide) groups is 1. The summed E-state index contributed by atoms with van der Waals surface area (Å²) in [5, 5.41) is 18.2. The van der Waals surface area contributed by atoms with Crippen molar-refractivity contribution < 1.29 is 9.67 Å². The number of aryl methyl sites for hydroxylation is 1. The van der Waals surface area contributed by atoms with Crippen molar-refractivity contribution in [3.8, 4) is 11.4 Å². The molecule has 2 rings (SSSR count). The maximum absolute atomic E-state index is 9.08. The van der Waals surface area contributed by atoms with Gasteiger partial charge in [0.15, 0.2) is 23.4 Å². The topological polar surface area (TPSA) is 54.8 Å². The van der Waals surface area contributed by atoms with E-state index in [1.807, 2.05) is 47.0 Å². The molecule has 0 fully saturated rings. The Hall–Kier alpha value is -1.40. The summed E-state index contributed by atoms with van der Waals surface area (Å²) in [5.41, 5.74) is 1.00. The highest BCUT2D eigenvalue weighted by molar-refractivity contribution is 7.98. The van der Waals surface area contributed by atoms with Gasteiger partial charge >= 0.3 is 0 Å². The quantitative estimate of drug-likeness (QED) is 0.634. The van der Waals surface area contributed by atoms with E-state index in [0.29, 0.717) is 6.54 Å². The van der Waals surface area contributed by atoms with E-state index in [9.17, 15) is 0 Å². The van der Waals surface area contributed by atoms with Gasteiger partial charge in [-0.05, 0) is 6.26 Å². The third-order valence-corrected chi connectivity index (χ3v) is 3.13. The second-order valence-electron chi connectivity index (χ2n) is 3.64. The number of aromatic nitrogens is 4. The first kappa shape index (κ1) is 12.1. The molecule has 2 heterocycles. The molecule has 2 aromatic rings. The number of hydrogen-bond donors (Lipinski definition) is 1. The summed E-state index contributed by atoms with van der Waals surface area (Å²) in [4.78, 5) is 0. The van der Waals surface area contributed by atoms with Crippen molar-refractivity contribution in [2.24, 2.45) is 7.05 Å². The molecule has 0 atom stereocenters. The van der Waals surface area contributed by atoms with Crippen LogP contribution in [-0.2, 0) is 13.6 Å². The molecule has 0 aromatic carbocycles. The number of aliphatic hydroxyl groups is 1. The van der Waals surface area contributed by atoms with Crippen LogP contribution in [0.4, 0.5) is 0 Å². The minimum Gasteiger partial charge on any atom is -0.395 e. The van der Waals surface area contributed by atoms with Crippen LogP contribution >= 0.6 is 11.8 Å². The van der Waals surface area contributed by atoms with Crippen LogP contribution in [0, 0.1) is 0 Å². The van der Waals surface area contributed by atoms with Gasteiger partial charge in [-0.25, -0.2) is 4.57 Å². The first-order valence-electron chi connectivity index (χ1n) is 5.30. The SMILES string of the molecule is CSc1nnc(-c2cc[n+](C)cc2)n1CCO. The van der Waals surface area contributed by atoms with Gasteiger partial charge in [-0.3, -0.25) is 4.57 Å². The molecular weight excluding hydrogens is 236 g/mol. The molecule has 0 radical (unpaired) electrons. The Morgan fingerprint density at radius 3 is 2.65 bits per heavy atom. The Kier molecular flexibility index (Phi) is 3.75. The first-order chi connectivity index (χ1) is 8.26. The van der Waals surface area contributed by atoms with E-state index < -0.39 is 0 Å². The van der Waals surface area contributed by atoms with E-state index in [4.69, 9.17) is 5.11 Å². The maximum atomic E-state index is 9.08. The zero-order chi connectivity index (χ0) is 12.3. The van der Waals surface area contributed by atoms with Gasteiger partial charge in [0.25, 0.3) is 0 Å². The Bertz CT molecular complexity index is 495. The highest BCUT2D eigenvalue weighted by Crippen LogP contribution is 2.21. The van der Waals surface area contributed by atoms with Crippen molar-refractivity contribution in [2.45, 2.75) is 11.7 Å². The van der Waals surface area contributed by atoms with Crippen LogP contribution in [0.25, 0.3) is 11.4 Å². The van der Waals surface area contributed by atoms with E-state index in [-0.39, 0.29) is 6.61 Å². The number of rotatable bonds is 4. The Morgan fingerprint density at radius 1 is 1.35 bits per heavy atom. The Morgan fingerprint density at radius 2 is 2.06 bits per heavy atom. The second-order valence-corrected chi connectivity index (χ2v) is 4.41. The standard InChI is InChI=1S/C11H15N4OS/c1-14-5-3-9(4-6-14)10-12-13-11(17-2)15(10)7-8-16/h3-6,16H,7-8H2,1-2H3/q+1. The molecule has 0 bridgehead atoms. The summed E-state index contributed by atoms with van der Waals surface area (Å²) in [6.45, 7) is 0.596. The summed E-state index contributed by atoms with van der Waals surface area (Å²) >= 11 is 1.53. The molecule has 0 aliphatic carbocycles. The third kappa shape index (κ3) is 2.48. The number of hydrogen-bond acceptors (Lipinski definition) is 4. The number of aliphatic hydroxyl groups excluding tert-OH is 1. The minimum atomic E-state index is 0.0826. The zero-order valence-electron chi connectivity index (χ0n) is 9.87. The van der Waals surface area contributed by atoms with Crippen molar-refractivity contribution in [1.29, 1.82) is 0 Å². The summed E-state index contributed by atoms with van der Waals surface area (Å²) < 4.78 is 3.89. The van der Waals surface area contributed by atoms with Gasteiger partial charge in [-0.2, -0.15) is 0 Å². The fourth-order valence-corrected chi connectivity index (χ4v) is 2.13. The predicted octanol–water partition coefficient (Wildman–Crippen LogP) is 0.484. The lowest BCUT2D eigenvalue weighted by atomic mass is 10.2. The van der Waals surface area contributed by atoms with Crippen LogP contribution in [0.15, 0.2) is 29.7 Å². The molecule has 0 aliphatic rings. The summed E-state index contributed by atoms with van der Waals surface area (Å²) in [6.07, 6.45) is 5.88. The van der Waals surface area contributed by atoms with E-state index in [1.165, 1.54) is 11.8 Å². The molecule has 6 heteroatoms. The average Bonchev–Trinajstić information content (AvgIpc) is 2.74.